The van der Waals surface area contributed by atoms with Crippen LogP contribution in [0, 0.1) is 0 Å². The van der Waals surface area contributed by atoms with Crippen LogP contribution in [0.5, 0.6) is 0 Å². The standard InChI is InChI=1S/C12H10F6O/c13-11(14,15)9(12(16,17)18)7-1-3-8(4-2-7)10(19)5-6-10/h1-4,9,19H,5-6H2. The van der Waals surface area contributed by atoms with E-state index in [1.165, 1.54) is 0 Å². The molecule has 0 bridgehead atoms. The van der Waals surface area contributed by atoms with E-state index in [0.717, 1.165) is 24.3 Å². The summed E-state index contributed by atoms with van der Waals surface area (Å²) in [7, 11) is 0. The molecule has 1 aromatic carbocycles. The minimum absolute atomic E-state index is 0.347. The van der Waals surface area contributed by atoms with Crippen LogP contribution >= 0.6 is 0 Å². The SMILES string of the molecule is OC1(c2ccc(C(C(F)(F)F)C(F)(F)F)cc2)CC1. The topological polar surface area (TPSA) is 20.2 Å². The maximum absolute atomic E-state index is 12.5. The lowest BCUT2D eigenvalue weighted by atomic mass is 9.95. The Morgan fingerprint density at radius 2 is 1.32 bits per heavy atom. The number of benzene rings is 1. The monoisotopic (exact) mass is 284 g/mol. The molecule has 0 unspecified atom stereocenters. The summed E-state index contributed by atoms with van der Waals surface area (Å²) in [6.07, 6.45) is -9.85. The highest BCUT2D eigenvalue weighted by Gasteiger charge is 2.57. The molecule has 0 heterocycles. The molecule has 0 spiro atoms. The average molecular weight is 284 g/mol. The van der Waals surface area contributed by atoms with Gasteiger partial charge < -0.3 is 5.11 Å². The van der Waals surface area contributed by atoms with Gasteiger partial charge in [0.25, 0.3) is 0 Å². The molecule has 1 fully saturated rings. The Bertz CT molecular complexity index is 441. The third-order valence-electron chi connectivity index (χ3n) is 3.16. The van der Waals surface area contributed by atoms with Gasteiger partial charge in [-0.15, -0.1) is 0 Å². The Morgan fingerprint density at radius 1 is 0.895 bits per heavy atom. The van der Waals surface area contributed by atoms with Crippen LogP contribution in [-0.2, 0) is 5.60 Å². The van der Waals surface area contributed by atoms with Crippen LogP contribution in [0.1, 0.15) is 29.9 Å². The zero-order valence-electron chi connectivity index (χ0n) is 9.52. The first-order valence-electron chi connectivity index (χ1n) is 5.50. The molecule has 2 rings (SSSR count). The fourth-order valence-corrected chi connectivity index (χ4v) is 1.96. The highest BCUT2D eigenvalue weighted by Crippen LogP contribution is 2.48. The Kier molecular flexibility index (Phi) is 3.08. The predicted molar refractivity (Wildman–Crippen MR) is 54.4 cm³/mol. The van der Waals surface area contributed by atoms with E-state index >= 15 is 0 Å². The van der Waals surface area contributed by atoms with E-state index in [1.807, 2.05) is 0 Å². The molecule has 0 aromatic heterocycles. The van der Waals surface area contributed by atoms with E-state index in [1.54, 1.807) is 0 Å². The van der Waals surface area contributed by atoms with E-state index in [4.69, 9.17) is 0 Å². The normalized spacial score (nSPS) is 18.7. The Labute approximate surface area is 104 Å². The maximum atomic E-state index is 12.5. The predicted octanol–water partition coefficient (Wildman–Crippen LogP) is 3.88. The van der Waals surface area contributed by atoms with Crippen molar-refractivity contribution < 1.29 is 31.4 Å². The number of hydrogen-bond acceptors (Lipinski definition) is 1. The van der Waals surface area contributed by atoms with Crippen molar-refractivity contribution in [2.75, 3.05) is 0 Å². The first-order valence-corrected chi connectivity index (χ1v) is 5.50. The Morgan fingerprint density at radius 3 is 1.63 bits per heavy atom. The van der Waals surface area contributed by atoms with Crippen LogP contribution in [0.4, 0.5) is 26.3 Å². The molecule has 0 aliphatic heterocycles. The summed E-state index contributed by atoms with van der Waals surface area (Å²) in [5.74, 6) is -3.50. The van der Waals surface area contributed by atoms with Gasteiger partial charge >= 0.3 is 12.4 Å². The molecule has 1 aliphatic rings. The highest BCUT2D eigenvalue weighted by molar-refractivity contribution is 5.33. The van der Waals surface area contributed by atoms with Crippen LogP contribution in [0.3, 0.4) is 0 Å². The molecular formula is C12H10F6O. The van der Waals surface area contributed by atoms with E-state index in [0.29, 0.717) is 18.4 Å². The molecule has 1 aromatic rings. The third-order valence-corrected chi connectivity index (χ3v) is 3.16. The molecule has 0 saturated heterocycles. The molecule has 7 heteroatoms. The summed E-state index contributed by atoms with van der Waals surface area (Å²) in [6.45, 7) is 0. The first-order chi connectivity index (χ1) is 8.54. The number of aliphatic hydroxyl groups is 1. The second kappa shape index (κ2) is 4.13. The maximum Gasteiger partial charge on any atom is 0.404 e. The lowest BCUT2D eigenvalue weighted by Gasteiger charge is -2.23. The van der Waals surface area contributed by atoms with Gasteiger partial charge in [0, 0.05) is 0 Å². The van der Waals surface area contributed by atoms with Crippen LogP contribution < -0.4 is 0 Å². The minimum atomic E-state index is -5.39. The summed E-state index contributed by atoms with van der Waals surface area (Å²) in [4.78, 5) is 0. The number of hydrogen-bond donors (Lipinski definition) is 1. The fourth-order valence-electron chi connectivity index (χ4n) is 1.96. The van der Waals surface area contributed by atoms with Crippen molar-refractivity contribution in [1.29, 1.82) is 0 Å². The zero-order valence-corrected chi connectivity index (χ0v) is 9.52. The van der Waals surface area contributed by atoms with Crippen molar-refractivity contribution in [3.63, 3.8) is 0 Å². The number of alkyl halides is 6. The fraction of sp³-hybridized carbons (Fsp3) is 0.500. The summed E-state index contributed by atoms with van der Waals surface area (Å²) >= 11 is 0. The van der Waals surface area contributed by atoms with E-state index in [2.05, 4.69) is 0 Å². The second-order valence-electron chi connectivity index (χ2n) is 4.67. The summed E-state index contributed by atoms with van der Waals surface area (Å²) in [5.41, 5.74) is -1.60. The first kappa shape index (κ1) is 14.2. The number of halogens is 6. The lowest BCUT2D eigenvalue weighted by Crippen LogP contribution is -2.34. The van der Waals surface area contributed by atoms with Gasteiger partial charge in [0.15, 0.2) is 5.92 Å². The second-order valence-corrected chi connectivity index (χ2v) is 4.67. The van der Waals surface area contributed by atoms with Crippen molar-refractivity contribution >= 4 is 0 Å². The average Bonchev–Trinajstić information content (AvgIpc) is 2.94. The molecule has 19 heavy (non-hydrogen) atoms. The lowest BCUT2D eigenvalue weighted by molar-refractivity contribution is -0.253. The van der Waals surface area contributed by atoms with Gasteiger partial charge in [-0.05, 0) is 24.0 Å². The molecule has 106 valence electrons. The molecule has 0 radical (unpaired) electrons. The quantitative estimate of drug-likeness (QED) is 0.817. The van der Waals surface area contributed by atoms with Gasteiger partial charge in [-0.25, -0.2) is 0 Å². The van der Waals surface area contributed by atoms with Crippen LogP contribution in [0.15, 0.2) is 24.3 Å². The van der Waals surface area contributed by atoms with Crippen LogP contribution in [0.2, 0.25) is 0 Å². The molecule has 1 saturated carbocycles. The van der Waals surface area contributed by atoms with Crippen LogP contribution in [-0.4, -0.2) is 17.5 Å². The molecule has 1 nitrogen and oxygen atoms in total. The van der Waals surface area contributed by atoms with Gasteiger partial charge in [-0.3, -0.25) is 0 Å². The largest absolute Gasteiger partial charge is 0.404 e. The van der Waals surface area contributed by atoms with E-state index in [-0.39, 0.29) is 0 Å². The van der Waals surface area contributed by atoms with E-state index in [9.17, 15) is 31.4 Å². The summed E-state index contributed by atoms with van der Waals surface area (Å²) in [5, 5.41) is 9.70. The van der Waals surface area contributed by atoms with Gasteiger partial charge in [0.2, 0.25) is 0 Å². The van der Waals surface area contributed by atoms with Gasteiger partial charge in [0.05, 0.1) is 5.60 Å². The van der Waals surface area contributed by atoms with Crippen molar-refractivity contribution in [2.24, 2.45) is 0 Å². The summed E-state index contributed by atoms with van der Waals surface area (Å²) < 4.78 is 74.9. The van der Waals surface area contributed by atoms with Gasteiger partial charge in [-0.1, -0.05) is 24.3 Å². The third kappa shape index (κ3) is 2.86. The Balaban J connectivity index is 2.33. The van der Waals surface area contributed by atoms with Gasteiger partial charge in [0.1, 0.15) is 0 Å². The zero-order chi connectivity index (χ0) is 14.5. The van der Waals surface area contributed by atoms with Gasteiger partial charge in [-0.2, -0.15) is 26.3 Å². The molecule has 1 aliphatic carbocycles. The van der Waals surface area contributed by atoms with Crippen molar-refractivity contribution in [3.05, 3.63) is 35.4 Å². The summed E-state index contributed by atoms with van der Waals surface area (Å²) in [6, 6.07) is 3.79. The molecular weight excluding hydrogens is 274 g/mol. The van der Waals surface area contributed by atoms with E-state index < -0.39 is 29.4 Å². The number of rotatable bonds is 2. The molecule has 1 N–H and O–H groups in total. The Hall–Kier alpha value is -1.24. The molecule has 0 atom stereocenters. The van der Waals surface area contributed by atoms with Crippen molar-refractivity contribution in [2.45, 2.75) is 36.7 Å². The minimum Gasteiger partial charge on any atom is -0.385 e. The highest BCUT2D eigenvalue weighted by atomic mass is 19.4. The van der Waals surface area contributed by atoms with Crippen molar-refractivity contribution in [3.8, 4) is 0 Å². The van der Waals surface area contributed by atoms with Crippen molar-refractivity contribution in [1.82, 2.24) is 0 Å². The van der Waals surface area contributed by atoms with Crippen LogP contribution in [0.25, 0.3) is 0 Å². The molecule has 0 amide bonds. The smallest absolute Gasteiger partial charge is 0.385 e.